The molecular weight excluding hydrogens is 419 g/mol. The summed E-state index contributed by atoms with van der Waals surface area (Å²) in [6.45, 7) is 3.40. The summed E-state index contributed by atoms with van der Waals surface area (Å²) < 4.78 is 24.8. The van der Waals surface area contributed by atoms with Crippen molar-refractivity contribution in [2.45, 2.75) is 24.7 Å². The molecule has 8 heteroatoms. The van der Waals surface area contributed by atoms with E-state index in [1.807, 2.05) is 11.8 Å². The molecule has 0 unspecified atom stereocenters. The Hall–Kier alpha value is -1.60. The Morgan fingerprint density at radius 1 is 1.07 bits per heavy atom. The molecule has 2 rings (SSSR count). The van der Waals surface area contributed by atoms with E-state index >= 15 is 0 Å². The Morgan fingerprint density at radius 2 is 1.79 bits per heavy atom. The van der Waals surface area contributed by atoms with Gasteiger partial charge in [0.25, 0.3) is 0 Å². The molecule has 1 amide bonds. The molecule has 0 aliphatic rings. The number of anilines is 1. The van der Waals surface area contributed by atoms with Gasteiger partial charge in [0.1, 0.15) is 0 Å². The highest BCUT2D eigenvalue weighted by Crippen LogP contribution is 2.25. The van der Waals surface area contributed by atoms with E-state index in [1.54, 1.807) is 48.5 Å². The highest BCUT2D eigenvalue weighted by atomic mass is 35.5. The number of amides is 1. The molecule has 0 aliphatic carbocycles. The molecule has 1 N–H and O–H groups in total. The number of sulfone groups is 1. The van der Waals surface area contributed by atoms with Crippen molar-refractivity contribution in [3.05, 3.63) is 58.6 Å². The van der Waals surface area contributed by atoms with Crippen molar-refractivity contribution in [3.63, 3.8) is 0 Å². The lowest BCUT2D eigenvalue weighted by Crippen LogP contribution is -2.35. The van der Waals surface area contributed by atoms with Gasteiger partial charge < -0.3 is 5.32 Å². The van der Waals surface area contributed by atoms with Gasteiger partial charge in [-0.15, -0.1) is 0 Å². The predicted octanol–water partition coefficient (Wildman–Crippen LogP) is 4.51. The number of nitrogens with zero attached hydrogens (tertiary/aromatic N) is 1. The van der Waals surface area contributed by atoms with Crippen molar-refractivity contribution in [1.82, 2.24) is 4.90 Å². The SMILES string of the molecule is CCCN(CCCS(=O)(=O)c1ccccc1)CC(=O)Nc1ccc(Cl)cc1Cl. The van der Waals surface area contributed by atoms with E-state index < -0.39 is 9.84 Å². The summed E-state index contributed by atoms with van der Waals surface area (Å²) in [6.07, 6.45) is 1.31. The predicted molar refractivity (Wildman–Crippen MR) is 115 cm³/mol. The Labute approximate surface area is 176 Å². The molecule has 0 radical (unpaired) electrons. The molecule has 152 valence electrons. The van der Waals surface area contributed by atoms with Crippen LogP contribution in [0.2, 0.25) is 10.0 Å². The third kappa shape index (κ3) is 7.09. The third-order valence-electron chi connectivity index (χ3n) is 4.10. The highest BCUT2D eigenvalue weighted by molar-refractivity contribution is 7.91. The van der Waals surface area contributed by atoms with Crippen LogP contribution in [0, 0.1) is 0 Å². The number of hydrogen-bond donors (Lipinski definition) is 1. The molecule has 5 nitrogen and oxygen atoms in total. The van der Waals surface area contributed by atoms with Gasteiger partial charge in [0.05, 0.1) is 27.9 Å². The van der Waals surface area contributed by atoms with Crippen LogP contribution in [0.4, 0.5) is 5.69 Å². The fourth-order valence-corrected chi connectivity index (χ4v) is 4.57. The topological polar surface area (TPSA) is 66.5 Å². The van der Waals surface area contributed by atoms with Crippen molar-refractivity contribution in [2.75, 3.05) is 30.7 Å². The van der Waals surface area contributed by atoms with E-state index in [9.17, 15) is 13.2 Å². The van der Waals surface area contributed by atoms with Crippen LogP contribution in [-0.2, 0) is 14.6 Å². The van der Waals surface area contributed by atoms with Gasteiger partial charge in [0.2, 0.25) is 5.91 Å². The molecule has 2 aromatic carbocycles. The third-order valence-corrected chi connectivity index (χ3v) is 6.47. The molecule has 0 bridgehead atoms. The van der Waals surface area contributed by atoms with E-state index in [1.165, 1.54) is 0 Å². The summed E-state index contributed by atoms with van der Waals surface area (Å²) in [5.74, 6) is -0.161. The fraction of sp³-hybridized carbons (Fsp3) is 0.350. The van der Waals surface area contributed by atoms with Crippen LogP contribution in [0.5, 0.6) is 0 Å². The maximum Gasteiger partial charge on any atom is 0.238 e. The maximum atomic E-state index is 12.4. The number of carbonyl (C=O) groups excluding carboxylic acids is 1. The number of carbonyl (C=O) groups is 1. The Balaban J connectivity index is 1.89. The minimum absolute atomic E-state index is 0.0435. The molecule has 0 atom stereocenters. The van der Waals surface area contributed by atoms with Crippen LogP contribution in [-0.4, -0.2) is 44.6 Å². The van der Waals surface area contributed by atoms with Gasteiger partial charge in [-0.1, -0.05) is 48.3 Å². The summed E-state index contributed by atoms with van der Waals surface area (Å²) in [5, 5.41) is 3.64. The summed E-state index contributed by atoms with van der Waals surface area (Å²) in [6, 6.07) is 13.3. The van der Waals surface area contributed by atoms with Crippen LogP contribution in [0.1, 0.15) is 19.8 Å². The first-order valence-electron chi connectivity index (χ1n) is 9.07. The van der Waals surface area contributed by atoms with Gasteiger partial charge in [-0.2, -0.15) is 0 Å². The van der Waals surface area contributed by atoms with E-state index in [0.717, 1.165) is 6.42 Å². The largest absolute Gasteiger partial charge is 0.324 e. The first kappa shape index (κ1) is 22.7. The summed E-state index contributed by atoms with van der Waals surface area (Å²) >= 11 is 11.9. The number of nitrogens with one attached hydrogen (secondary N) is 1. The lowest BCUT2D eigenvalue weighted by atomic mass is 10.3. The van der Waals surface area contributed by atoms with Gasteiger partial charge in [-0.05, 0) is 56.3 Å². The van der Waals surface area contributed by atoms with E-state index in [2.05, 4.69) is 5.32 Å². The number of benzene rings is 2. The summed E-state index contributed by atoms with van der Waals surface area (Å²) in [4.78, 5) is 14.6. The summed E-state index contributed by atoms with van der Waals surface area (Å²) in [7, 11) is -3.31. The standard InChI is InChI=1S/C20H24Cl2N2O3S/c1-2-11-24(12-6-13-28(26,27)17-7-4-3-5-8-17)15-20(25)23-19-10-9-16(21)14-18(19)22/h3-5,7-10,14H,2,6,11-13,15H2,1H3,(H,23,25). The van der Waals surface area contributed by atoms with Crippen LogP contribution >= 0.6 is 23.2 Å². The molecule has 0 aliphatic heterocycles. The van der Waals surface area contributed by atoms with E-state index in [4.69, 9.17) is 23.2 Å². The zero-order valence-electron chi connectivity index (χ0n) is 15.7. The quantitative estimate of drug-likeness (QED) is 0.587. The molecule has 0 aromatic heterocycles. The van der Waals surface area contributed by atoms with Crippen molar-refractivity contribution >= 4 is 44.6 Å². The Bertz CT molecular complexity index is 890. The zero-order chi connectivity index (χ0) is 20.6. The molecule has 0 fully saturated rings. The number of halogens is 2. The van der Waals surface area contributed by atoms with Gasteiger partial charge >= 0.3 is 0 Å². The van der Waals surface area contributed by atoms with Crippen molar-refractivity contribution in [1.29, 1.82) is 0 Å². The monoisotopic (exact) mass is 442 g/mol. The van der Waals surface area contributed by atoms with Crippen molar-refractivity contribution < 1.29 is 13.2 Å². The lowest BCUT2D eigenvalue weighted by Gasteiger charge is -2.21. The van der Waals surface area contributed by atoms with Crippen LogP contribution in [0.25, 0.3) is 0 Å². The fourth-order valence-electron chi connectivity index (χ4n) is 2.79. The van der Waals surface area contributed by atoms with Gasteiger partial charge in [0.15, 0.2) is 9.84 Å². The Kier molecular flexibility index (Phi) is 8.76. The molecule has 2 aromatic rings. The minimum Gasteiger partial charge on any atom is -0.324 e. The normalized spacial score (nSPS) is 11.6. The second kappa shape index (κ2) is 10.8. The van der Waals surface area contributed by atoms with Gasteiger partial charge in [-0.25, -0.2) is 8.42 Å². The Morgan fingerprint density at radius 3 is 2.43 bits per heavy atom. The zero-order valence-corrected chi connectivity index (χ0v) is 18.0. The van der Waals surface area contributed by atoms with Crippen molar-refractivity contribution in [3.8, 4) is 0 Å². The van der Waals surface area contributed by atoms with E-state index in [-0.39, 0.29) is 18.2 Å². The lowest BCUT2D eigenvalue weighted by molar-refractivity contribution is -0.117. The van der Waals surface area contributed by atoms with Gasteiger partial charge in [-0.3, -0.25) is 9.69 Å². The first-order chi connectivity index (χ1) is 13.3. The van der Waals surface area contributed by atoms with Crippen molar-refractivity contribution in [2.24, 2.45) is 0 Å². The second-order valence-electron chi connectivity index (χ2n) is 6.43. The molecular formula is C20H24Cl2N2O3S. The molecule has 0 heterocycles. The molecule has 0 saturated heterocycles. The smallest absolute Gasteiger partial charge is 0.238 e. The number of rotatable bonds is 10. The van der Waals surface area contributed by atoms with E-state index in [0.29, 0.717) is 40.1 Å². The molecule has 28 heavy (non-hydrogen) atoms. The maximum absolute atomic E-state index is 12.4. The first-order valence-corrected chi connectivity index (χ1v) is 11.5. The molecule has 0 spiro atoms. The average molecular weight is 443 g/mol. The minimum atomic E-state index is -3.31. The average Bonchev–Trinajstić information content (AvgIpc) is 2.65. The molecule has 0 saturated carbocycles. The van der Waals surface area contributed by atoms with Crippen LogP contribution < -0.4 is 5.32 Å². The van der Waals surface area contributed by atoms with Crippen LogP contribution in [0.3, 0.4) is 0 Å². The second-order valence-corrected chi connectivity index (χ2v) is 9.39. The highest BCUT2D eigenvalue weighted by Gasteiger charge is 2.16. The van der Waals surface area contributed by atoms with Crippen LogP contribution in [0.15, 0.2) is 53.4 Å². The summed E-state index contributed by atoms with van der Waals surface area (Å²) in [5.41, 5.74) is 0.499. The van der Waals surface area contributed by atoms with Gasteiger partial charge in [0, 0.05) is 5.02 Å². The number of hydrogen-bond acceptors (Lipinski definition) is 4.